The number of aliphatic hydroxyl groups is 1. The zero-order chi connectivity index (χ0) is 14.3. The topological polar surface area (TPSA) is 73.9 Å². The van der Waals surface area contributed by atoms with Crippen LogP contribution in [0.2, 0.25) is 0 Å². The van der Waals surface area contributed by atoms with E-state index in [1.165, 1.54) is 0 Å². The second kappa shape index (κ2) is 7.99. The van der Waals surface area contributed by atoms with Crippen molar-refractivity contribution in [1.82, 2.24) is 0 Å². The molecule has 0 aromatic heterocycles. The van der Waals surface area contributed by atoms with Crippen molar-refractivity contribution >= 4 is 0 Å². The smallest absolute Gasteiger partial charge is 0.161 e. The van der Waals surface area contributed by atoms with Crippen LogP contribution in [0.5, 0.6) is 11.5 Å². The van der Waals surface area contributed by atoms with E-state index in [9.17, 15) is 5.11 Å². The van der Waals surface area contributed by atoms with Gasteiger partial charge in [-0.25, -0.2) is 0 Å². The lowest BCUT2D eigenvalue weighted by Gasteiger charge is -2.16. The number of ether oxygens (including phenoxy) is 3. The number of benzene rings is 1. The molecule has 5 nitrogen and oxygen atoms in total. The minimum absolute atomic E-state index is 0.0634. The van der Waals surface area contributed by atoms with Crippen LogP contribution in [0.15, 0.2) is 18.2 Å². The summed E-state index contributed by atoms with van der Waals surface area (Å²) in [7, 11) is 1.57. The van der Waals surface area contributed by atoms with Crippen molar-refractivity contribution in [3.63, 3.8) is 0 Å². The number of hydrogen-bond donors (Lipinski definition) is 2. The van der Waals surface area contributed by atoms with Crippen LogP contribution in [0.3, 0.4) is 0 Å². The highest BCUT2D eigenvalue weighted by Gasteiger charge is 2.10. The molecule has 3 N–H and O–H groups in total. The summed E-state index contributed by atoms with van der Waals surface area (Å²) in [4.78, 5) is 0. The molecule has 1 unspecified atom stereocenters. The second-order valence-corrected chi connectivity index (χ2v) is 4.32. The van der Waals surface area contributed by atoms with Gasteiger partial charge in [-0.1, -0.05) is 6.07 Å². The van der Waals surface area contributed by atoms with Crippen LogP contribution in [0.1, 0.15) is 25.5 Å². The van der Waals surface area contributed by atoms with Crippen LogP contribution in [-0.4, -0.2) is 38.1 Å². The molecule has 0 saturated heterocycles. The van der Waals surface area contributed by atoms with Gasteiger partial charge in [0.25, 0.3) is 0 Å². The van der Waals surface area contributed by atoms with Gasteiger partial charge in [-0.15, -0.1) is 0 Å². The van der Waals surface area contributed by atoms with Crippen LogP contribution < -0.4 is 15.2 Å². The van der Waals surface area contributed by atoms with Gasteiger partial charge >= 0.3 is 0 Å². The third-order valence-corrected chi connectivity index (χ3v) is 2.66. The average Bonchev–Trinajstić information content (AvgIpc) is 2.42. The van der Waals surface area contributed by atoms with E-state index in [-0.39, 0.29) is 19.3 Å². The number of methoxy groups -OCH3 is 1. The molecule has 2 atom stereocenters. The van der Waals surface area contributed by atoms with Gasteiger partial charge in [0.05, 0.1) is 13.7 Å². The summed E-state index contributed by atoms with van der Waals surface area (Å²) in [6, 6.07) is 5.46. The van der Waals surface area contributed by atoms with Gasteiger partial charge in [-0.05, 0) is 31.5 Å². The Labute approximate surface area is 114 Å². The molecule has 0 fully saturated rings. The minimum atomic E-state index is -0.655. The molecule has 0 aliphatic heterocycles. The average molecular weight is 269 g/mol. The molecule has 0 aliphatic rings. The Bertz CT molecular complexity index is 382. The maximum atomic E-state index is 9.64. The van der Waals surface area contributed by atoms with Gasteiger partial charge in [0.2, 0.25) is 0 Å². The van der Waals surface area contributed by atoms with E-state index in [4.69, 9.17) is 19.9 Å². The Balaban J connectivity index is 2.62. The molecule has 0 radical (unpaired) electrons. The van der Waals surface area contributed by atoms with Crippen LogP contribution >= 0.6 is 0 Å². The highest BCUT2D eigenvalue weighted by Crippen LogP contribution is 2.29. The van der Waals surface area contributed by atoms with Crippen LogP contribution in [0, 0.1) is 0 Å². The summed E-state index contributed by atoms with van der Waals surface area (Å²) in [5.41, 5.74) is 6.78. The molecule has 1 aromatic carbocycles. The maximum Gasteiger partial charge on any atom is 0.161 e. The van der Waals surface area contributed by atoms with Gasteiger partial charge in [-0.3, -0.25) is 0 Å². The van der Waals surface area contributed by atoms with Crippen molar-refractivity contribution < 1.29 is 19.3 Å². The van der Waals surface area contributed by atoms with E-state index in [0.29, 0.717) is 18.1 Å². The Morgan fingerprint density at radius 2 is 2.00 bits per heavy atom. The first-order chi connectivity index (χ1) is 9.08. The molecule has 0 bridgehead atoms. The predicted molar refractivity (Wildman–Crippen MR) is 73.6 cm³/mol. The molecule has 5 heteroatoms. The standard InChI is InChI=1S/C14H23NO4/c1-4-18-8-12(16)9-19-13-6-5-11(10(2)15)7-14(13)17-3/h5-7,10,12,16H,4,8-9,15H2,1-3H3/t10-,12?/m0/s1. The lowest BCUT2D eigenvalue weighted by atomic mass is 10.1. The van der Waals surface area contributed by atoms with Crippen molar-refractivity contribution in [3.05, 3.63) is 23.8 Å². The summed E-state index contributed by atoms with van der Waals surface area (Å²) in [5, 5.41) is 9.64. The Hall–Kier alpha value is -1.30. The van der Waals surface area contributed by atoms with Crippen molar-refractivity contribution in [2.75, 3.05) is 26.9 Å². The van der Waals surface area contributed by atoms with E-state index >= 15 is 0 Å². The fourth-order valence-electron chi connectivity index (χ4n) is 1.57. The predicted octanol–water partition coefficient (Wildman–Crippen LogP) is 1.49. The van der Waals surface area contributed by atoms with Gasteiger partial charge < -0.3 is 25.1 Å². The Morgan fingerprint density at radius 1 is 1.26 bits per heavy atom. The van der Waals surface area contributed by atoms with E-state index in [2.05, 4.69) is 0 Å². The van der Waals surface area contributed by atoms with Gasteiger partial charge in [0.15, 0.2) is 11.5 Å². The van der Waals surface area contributed by atoms with Gasteiger partial charge in [0, 0.05) is 12.6 Å². The number of rotatable bonds is 8. The molecular formula is C14H23NO4. The van der Waals surface area contributed by atoms with Crippen molar-refractivity contribution in [2.45, 2.75) is 26.0 Å². The second-order valence-electron chi connectivity index (χ2n) is 4.32. The molecule has 0 amide bonds. The van der Waals surface area contributed by atoms with Crippen LogP contribution in [-0.2, 0) is 4.74 Å². The quantitative estimate of drug-likeness (QED) is 0.748. The van der Waals surface area contributed by atoms with E-state index in [1.54, 1.807) is 13.2 Å². The third kappa shape index (κ3) is 5.06. The van der Waals surface area contributed by atoms with Crippen molar-refractivity contribution in [1.29, 1.82) is 0 Å². The number of nitrogens with two attached hydrogens (primary N) is 1. The minimum Gasteiger partial charge on any atom is -0.493 e. The molecule has 0 aliphatic carbocycles. The normalized spacial score (nSPS) is 13.9. The van der Waals surface area contributed by atoms with Crippen LogP contribution in [0.25, 0.3) is 0 Å². The van der Waals surface area contributed by atoms with Crippen molar-refractivity contribution in [2.24, 2.45) is 5.73 Å². The summed E-state index contributed by atoms with van der Waals surface area (Å²) >= 11 is 0. The van der Waals surface area contributed by atoms with Crippen LogP contribution in [0.4, 0.5) is 0 Å². The highest BCUT2D eigenvalue weighted by atomic mass is 16.5. The molecule has 108 valence electrons. The molecular weight excluding hydrogens is 246 g/mol. The monoisotopic (exact) mass is 269 g/mol. The fourth-order valence-corrected chi connectivity index (χ4v) is 1.57. The molecule has 0 heterocycles. The van der Waals surface area contributed by atoms with E-state index < -0.39 is 6.10 Å². The molecule has 0 spiro atoms. The third-order valence-electron chi connectivity index (χ3n) is 2.66. The first-order valence-electron chi connectivity index (χ1n) is 6.40. The fraction of sp³-hybridized carbons (Fsp3) is 0.571. The van der Waals surface area contributed by atoms with Gasteiger partial charge in [-0.2, -0.15) is 0 Å². The zero-order valence-electron chi connectivity index (χ0n) is 11.8. The Kier molecular flexibility index (Phi) is 6.62. The summed E-state index contributed by atoms with van der Waals surface area (Å²) in [5.74, 6) is 1.20. The molecule has 1 aromatic rings. The van der Waals surface area contributed by atoms with E-state index in [0.717, 1.165) is 5.56 Å². The zero-order valence-corrected chi connectivity index (χ0v) is 11.8. The number of aliphatic hydroxyl groups excluding tert-OH is 1. The lowest BCUT2D eigenvalue weighted by molar-refractivity contribution is 0.0159. The summed E-state index contributed by atoms with van der Waals surface area (Å²) in [6.07, 6.45) is -0.655. The Morgan fingerprint density at radius 3 is 2.58 bits per heavy atom. The number of hydrogen-bond acceptors (Lipinski definition) is 5. The first-order valence-corrected chi connectivity index (χ1v) is 6.40. The van der Waals surface area contributed by atoms with Crippen molar-refractivity contribution in [3.8, 4) is 11.5 Å². The highest BCUT2D eigenvalue weighted by molar-refractivity contribution is 5.43. The summed E-state index contributed by atoms with van der Waals surface area (Å²) < 4.78 is 15.9. The van der Waals surface area contributed by atoms with E-state index in [1.807, 2.05) is 26.0 Å². The summed E-state index contributed by atoms with van der Waals surface area (Å²) in [6.45, 7) is 4.78. The van der Waals surface area contributed by atoms with Gasteiger partial charge in [0.1, 0.15) is 12.7 Å². The molecule has 1 rings (SSSR count). The molecule has 19 heavy (non-hydrogen) atoms. The first kappa shape index (κ1) is 15.8. The lowest BCUT2D eigenvalue weighted by Crippen LogP contribution is -2.23. The largest absolute Gasteiger partial charge is 0.493 e. The SMILES string of the molecule is CCOCC(O)COc1ccc([C@H](C)N)cc1OC. The molecule has 0 saturated carbocycles. The maximum absolute atomic E-state index is 9.64.